The molecule has 1 aromatic heterocycles. The second-order valence-electron chi connectivity index (χ2n) is 7.22. The average Bonchev–Trinajstić information content (AvgIpc) is 3.21. The zero-order chi connectivity index (χ0) is 19.9. The van der Waals surface area contributed by atoms with Crippen LogP contribution in [0, 0.1) is 0 Å². The van der Waals surface area contributed by atoms with Crippen molar-refractivity contribution < 1.29 is 9.64 Å². The van der Waals surface area contributed by atoms with Gasteiger partial charge in [-0.2, -0.15) is 0 Å². The summed E-state index contributed by atoms with van der Waals surface area (Å²) in [7, 11) is 0. The highest BCUT2D eigenvalue weighted by atomic mass is 32.2. The first kappa shape index (κ1) is 20.3. The fourth-order valence-electron chi connectivity index (χ4n) is 3.44. The van der Waals surface area contributed by atoms with Crippen LogP contribution in [0.2, 0.25) is 0 Å². The molecule has 5 nitrogen and oxygen atoms in total. The predicted molar refractivity (Wildman–Crippen MR) is 120 cm³/mol. The van der Waals surface area contributed by atoms with Gasteiger partial charge in [0.25, 0.3) is 0 Å². The van der Waals surface area contributed by atoms with Gasteiger partial charge in [0.1, 0.15) is 25.7 Å². The lowest BCUT2D eigenvalue weighted by Gasteiger charge is -2.29. The first-order valence-electron chi connectivity index (χ1n) is 10.1. The Kier molecular flexibility index (Phi) is 7.16. The van der Waals surface area contributed by atoms with Crippen LogP contribution in [0.1, 0.15) is 18.1 Å². The molecule has 0 saturated carbocycles. The minimum absolute atomic E-state index is 0.259. The molecule has 2 atom stereocenters. The smallest absolute Gasteiger partial charge is 0.210 e. The van der Waals surface area contributed by atoms with E-state index in [1.165, 1.54) is 11.1 Å². The minimum atomic E-state index is 0.259. The number of quaternary nitrogens is 1. The third kappa shape index (κ3) is 6.02. The Bertz CT molecular complexity index is 885. The van der Waals surface area contributed by atoms with E-state index < -0.39 is 0 Å². The van der Waals surface area contributed by atoms with Crippen LogP contribution in [0.4, 0.5) is 10.8 Å². The molecule has 1 aliphatic heterocycles. The number of aryl methyl sites for hydroxylation is 1. The largest absolute Gasteiger partial charge is 0.366 e. The Morgan fingerprint density at radius 1 is 1.10 bits per heavy atom. The number of nitrogens with one attached hydrogen (secondary N) is 2. The fraction of sp³-hybridized carbons (Fsp3) is 0.364. The van der Waals surface area contributed by atoms with Gasteiger partial charge >= 0.3 is 0 Å². The van der Waals surface area contributed by atoms with Gasteiger partial charge in [0.2, 0.25) is 5.13 Å². The molecule has 3 aromatic rings. The molecule has 2 heterocycles. The molecule has 0 bridgehead atoms. The lowest BCUT2D eigenvalue weighted by Crippen LogP contribution is -3.13. The Morgan fingerprint density at radius 3 is 2.72 bits per heavy atom. The van der Waals surface area contributed by atoms with E-state index in [0.717, 1.165) is 53.6 Å². The summed E-state index contributed by atoms with van der Waals surface area (Å²) in [6, 6.07) is 19.2. The summed E-state index contributed by atoms with van der Waals surface area (Å²) in [6.07, 6.45) is 1.31. The maximum atomic E-state index is 5.99. The maximum absolute atomic E-state index is 5.99. The average molecular weight is 428 g/mol. The van der Waals surface area contributed by atoms with E-state index in [-0.39, 0.29) is 6.10 Å². The monoisotopic (exact) mass is 427 g/mol. The Morgan fingerprint density at radius 2 is 1.93 bits per heavy atom. The molecular formula is C22H27N4OS2+. The van der Waals surface area contributed by atoms with E-state index >= 15 is 0 Å². The standard InChI is InChI=1S/C22H26N4OS2/c1-2-17-8-10-19(11-9-17)23-21-24-25-22(29-21)28-16-20-15-26(12-13-27-20)14-18-6-4-3-5-7-18/h3-11,20H,2,12-16H2,1H3,(H,23,24)/p+1/t20-/m1/s1. The van der Waals surface area contributed by atoms with Crippen molar-refractivity contribution in [2.24, 2.45) is 0 Å². The normalized spacial score (nSPS) is 19.2. The van der Waals surface area contributed by atoms with Crippen molar-refractivity contribution in [1.29, 1.82) is 0 Å². The van der Waals surface area contributed by atoms with Gasteiger partial charge in [-0.3, -0.25) is 0 Å². The van der Waals surface area contributed by atoms with Crippen LogP contribution < -0.4 is 10.2 Å². The van der Waals surface area contributed by atoms with Crippen molar-refractivity contribution >= 4 is 33.9 Å². The quantitative estimate of drug-likeness (QED) is 0.540. The molecular weight excluding hydrogens is 400 g/mol. The number of hydrogen-bond acceptors (Lipinski definition) is 6. The van der Waals surface area contributed by atoms with Gasteiger partial charge in [-0.1, -0.05) is 72.5 Å². The number of rotatable bonds is 8. The summed E-state index contributed by atoms with van der Waals surface area (Å²) >= 11 is 3.34. The van der Waals surface area contributed by atoms with Crippen molar-refractivity contribution in [3.05, 3.63) is 65.7 Å². The Hall–Kier alpha value is -1.93. The van der Waals surface area contributed by atoms with Gasteiger partial charge in [0.15, 0.2) is 4.34 Å². The van der Waals surface area contributed by atoms with E-state index in [1.807, 2.05) is 0 Å². The molecule has 1 fully saturated rings. The number of ether oxygens (including phenoxy) is 1. The molecule has 7 heteroatoms. The number of thioether (sulfide) groups is 1. The van der Waals surface area contributed by atoms with Crippen molar-refractivity contribution in [2.45, 2.75) is 30.3 Å². The summed E-state index contributed by atoms with van der Waals surface area (Å²) in [6.45, 7) is 6.16. The van der Waals surface area contributed by atoms with Gasteiger partial charge in [-0.25, -0.2) is 0 Å². The molecule has 1 unspecified atom stereocenters. The molecule has 4 rings (SSSR count). The van der Waals surface area contributed by atoms with Crippen LogP contribution in [0.3, 0.4) is 0 Å². The third-order valence-corrected chi connectivity index (χ3v) is 7.14. The molecule has 0 aliphatic carbocycles. The summed E-state index contributed by atoms with van der Waals surface area (Å²) in [5.41, 5.74) is 3.77. The molecule has 1 saturated heterocycles. The number of morpholine rings is 1. The third-order valence-electron chi connectivity index (χ3n) is 5.04. The van der Waals surface area contributed by atoms with Crippen LogP contribution >= 0.6 is 23.1 Å². The van der Waals surface area contributed by atoms with E-state index in [4.69, 9.17) is 4.74 Å². The minimum Gasteiger partial charge on any atom is -0.366 e. The molecule has 1 aliphatic rings. The lowest BCUT2D eigenvalue weighted by atomic mass is 10.1. The molecule has 2 N–H and O–H groups in total. The SMILES string of the molecule is CCc1ccc(Nc2nnc(SC[C@H]3C[NH+](Cc4ccccc4)CCO3)s2)cc1. The number of anilines is 2. The molecule has 0 spiro atoms. The summed E-state index contributed by atoms with van der Waals surface area (Å²) in [5.74, 6) is 0.915. The summed E-state index contributed by atoms with van der Waals surface area (Å²) in [5, 5.41) is 12.8. The summed E-state index contributed by atoms with van der Waals surface area (Å²) < 4.78 is 6.97. The van der Waals surface area contributed by atoms with E-state index in [2.05, 4.69) is 77.0 Å². The zero-order valence-corrected chi connectivity index (χ0v) is 18.3. The highest BCUT2D eigenvalue weighted by molar-refractivity contribution is 8.01. The van der Waals surface area contributed by atoms with Gasteiger partial charge in [0, 0.05) is 17.0 Å². The molecule has 0 radical (unpaired) electrons. The number of aromatic nitrogens is 2. The lowest BCUT2D eigenvalue weighted by molar-refractivity contribution is -0.924. The number of nitrogens with zero attached hydrogens (tertiary/aromatic N) is 2. The van der Waals surface area contributed by atoms with E-state index in [9.17, 15) is 0 Å². The highest BCUT2D eigenvalue weighted by Gasteiger charge is 2.24. The predicted octanol–water partition coefficient (Wildman–Crippen LogP) is 3.42. The molecule has 2 aromatic carbocycles. The van der Waals surface area contributed by atoms with Crippen LogP contribution in [0.25, 0.3) is 0 Å². The van der Waals surface area contributed by atoms with Crippen molar-refractivity contribution in [3.8, 4) is 0 Å². The van der Waals surface area contributed by atoms with Gasteiger partial charge in [-0.15, -0.1) is 10.2 Å². The Balaban J connectivity index is 1.25. The maximum Gasteiger partial charge on any atom is 0.210 e. The fourth-order valence-corrected chi connectivity index (χ4v) is 5.25. The zero-order valence-electron chi connectivity index (χ0n) is 16.6. The summed E-state index contributed by atoms with van der Waals surface area (Å²) in [4.78, 5) is 1.59. The second-order valence-corrected chi connectivity index (χ2v) is 9.46. The first-order chi connectivity index (χ1) is 14.3. The van der Waals surface area contributed by atoms with Gasteiger partial charge < -0.3 is 15.0 Å². The number of benzene rings is 2. The first-order valence-corrected chi connectivity index (χ1v) is 11.9. The van der Waals surface area contributed by atoms with Crippen molar-refractivity contribution in [2.75, 3.05) is 30.8 Å². The molecule has 152 valence electrons. The molecule has 29 heavy (non-hydrogen) atoms. The molecule has 0 amide bonds. The highest BCUT2D eigenvalue weighted by Crippen LogP contribution is 2.28. The van der Waals surface area contributed by atoms with Gasteiger partial charge in [-0.05, 0) is 24.1 Å². The van der Waals surface area contributed by atoms with Crippen LogP contribution in [-0.4, -0.2) is 41.8 Å². The Labute approximate surface area is 180 Å². The van der Waals surface area contributed by atoms with Crippen molar-refractivity contribution in [3.63, 3.8) is 0 Å². The van der Waals surface area contributed by atoms with Gasteiger partial charge in [0.05, 0.1) is 6.61 Å². The van der Waals surface area contributed by atoms with Crippen LogP contribution in [-0.2, 0) is 17.7 Å². The van der Waals surface area contributed by atoms with Crippen molar-refractivity contribution in [1.82, 2.24) is 10.2 Å². The second kappa shape index (κ2) is 10.2. The van der Waals surface area contributed by atoms with Crippen LogP contribution in [0.5, 0.6) is 0 Å². The van der Waals surface area contributed by atoms with Crippen LogP contribution in [0.15, 0.2) is 58.9 Å². The van der Waals surface area contributed by atoms with E-state index in [1.54, 1.807) is 28.0 Å². The topological polar surface area (TPSA) is 51.5 Å². The van der Waals surface area contributed by atoms with E-state index in [0.29, 0.717) is 0 Å². The number of hydrogen-bond donors (Lipinski definition) is 2.